The van der Waals surface area contributed by atoms with Gasteiger partial charge < -0.3 is 20.5 Å². The molecular formula is C28H26N2O5. The van der Waals surface area contributed by atoms with E-state index >= 15 is 0 Å². The Bertz CT molecular complexity index is 1240. The minimum Gasteiger partial charge on any atom is -0.478 e. The summed E-state index contributed by atoms with van der Waals surface area (Å²) in [6, 6.07) is 22.6. The van der Waals surface area contributed by atoms with Crippen LogP contribution in [0.3, 0.4) is 0 Å². The van der Waals surface area contributed by atoms with Gasteiger partial charge in [-0.15, -0.1) is 0 Å². The van der Waals surface area contributed by atoms with Crippen LogP contribution in [-0.2, 0) is 14.3 Å². The van der Waals surface area contributed by atoms with E-state index in [4.69, 9.17) is 9.84 Å². The largest absolute Gasteiger partial charge is 0.478 e. The number of fused-ring (bicyclic) bond motifs is 3. The predicted molar refractivity (Wildman–Crippen MR) is 134 cm³/mol. The van der Waals surface area contributed by atoms with Gasteiger partial charge in [0, 0.05) is 30.1 Å². The Morgan fingerprint density at radius 2 is 1.63 bits per heavy atom. The molecule has 3 N–H and O–H groups in total. The van der Waals surface area contributed by atoms with Gasteiger partial charge in [-0.1, -0.05) is 60.7 Å². The molecule has 1 aliphatic carbocycles. The number of carbonyl (C=O) groups excluding carboxylic acids is 2. The first-order valence-electron chi connectivity index (χ1n) is 11.3. The molecular weight excluding hydrogens is 444 g/mol. The fourth-order valence-electron chi connectivity index (χ4n) is 4.27. The van der Waals surface area contributed by atoms with Crippen molar-refractivity contribution in [1.29, 1.82) is 0 Å². The normalized spacial score (nSPS) is 13.1. The number of rotatable bonds is 8. The lowest BCUT2D eigenvalue weighted by Gasteiger charge is -2.17. The number of hydrogen-bond acceptors (Lipinski definition) is 4. The monoisotopic (exact) mass is 470 g/mol. The van der Waals surface area contributed by atoms with Gasteiger partial charge in [0.15, 0.2) is 0 Å². The van der Waals surface area contributed by atoms with Gasteiger partial charge in [0.05, 0.1) is 0 Å². The lowest BCUT2D eigenvalue weighted by Crippen LogP contribution is -2.36. The Balaban J connectivity index is 1.28. The number of ether oxygens (including phenoxy) is 1. The third-order valence-electron chi connectivity index (χ3n) is 5.79. The molecule has 0 radical (unpaired) electrons. The van der Waals surface area contributed by atoms with Crippen molar-refractivity contribution in [2.45, 2.75) is 25.3 Å². The van der Waals surface area contributed by atoms with Crippen molar-refractivity contribution in [1.82, 2.24) is 5.32 Å². The number of benzene rings is 3. The second-order valence-electron chi connectivity index (χ2n) is 8.42. The smallest absolute Gasteiger partial charge is 0.407 e. The van der Waals surface area contributed by atoms with Gasteiger partial charge in [-0.05, 0) is 52.9 Å². The zero-order valence-electron chi connectivity index (χ0n) is 19.2. The molecule has 3 aromatic rings. The molecule has 0 aromatic heterocycles. The molecule has 35 heavy (non-hydrogen) atoms. The molecule has 0 fully saturated rings. The van der Waals surface area contributed by atoms with Gasteiger partial charge in [0.2, 0.25) is 5.91 Å². The van der Waals surface area contributed by atoms with Gasteiger partial charge >= 0.3 is 12.1 Å². The molecule has 0 saturated carbocycles. The second-order valence-corrected chi connectivity index (χ2v) is 8.42. The van der Waals surface area contributed by atoms with Crippen molar-refractivity contribution in [3.05, 3.63) is 95.6 Å². The number of aliphatic carboxylic acids is 1. The minimum absolute atomic E-state index is 0.0331. The number of carboxylic acid groups (broad SMARTS) is 1. The third kappa shape index (κ3) is 5.95. The van der Waals surface area contributed by atoms with E-state index < -0.39 is 18.1 Å². The molecule has 1 atom stereocenters. The van der Waals surface area contributed by atoms with Gasteiger partial charge in [0.1, 0.15) is 6.61 Å². The highest BCUT2D eigenvalue weighted by Crippen LogP contribution is 2.44. The maximum Gasteiger partial charge on any atom is 0.407 e. The maximum atomic E-state index is 12.4. The fourth-order valence-corrected chi connectivity index (χ4v) is 4.27. The maximum absolute atomic E-state index is 12.4. The molecule has 7 nitrogen and oxygen atoms in total. The molecule has 0 unspecified atom stereocenters. The molecule has 0 heterocycles. The van der Waals surface area contributed by atoms with Crippen LogP contribution >= 0.6 is 0 Å². The molecule has 0 saturated heterocycles. The summed E-state index contributed by atoms with van der Waals surface area (Å²) in [6.45, 7) is 1.93. The topological polar surface area (TPSA) is 105 Å². The lowest BCUT2D eigenvalue weighted by molar-refractivity contribution is -0.131. The number of amides is 2. The van der Waals surface area contributed by atoms with Crippen molar-refractivity contribution in [2.75, 3.05) is 11.9 Å². The SMILES string of the molecule is C[C@@H](CC(=O)Nc1cccc(/C=C/C(=O)O)c1)NC(=O)OCC1c2ccccc2-c2ccccc21. The molecule has 4 rings (SSSR count). The number of carbonyl (C=O) groups is 3. The van der Waals surface area contributed by atoms with Crippen molar-refractivity contribution in [3.8, 4) is 11.1 Å². The van der Waals surface area contributed by atoms with Crippen LogP contribution in [0.2, 0.25) is 0 Å². The first-order valence-corrected chi connectivity index (χ1v) is 11.3. The standard InChI is InChI=1S/C28H26N2O5/c1-18(15-26(31)30-20-8-6-7-19(16-20)13-14-27(32)33)29-28(34)35-17-25-23-11-4-2-9-21(23)22-10-3-5-12-24(22)25/h2-14,16,18,25H,15,17H2,1H3,(H,29,34)(H,30,31)(H,32,33)/b14-13+/t18-/m0/s1. The van der Waals surface area contributed by atoms with E-state index in [1.807, 2.05) is 24.3 Å². The van der Waals surface area contributed by atoms with E-state index in [0.717, 1.165) is 28.3 Å². The van der Waals surface area contributed by atoms with Crippen LogP contribution < -0.4 is 10.6 Å². The van der Waals surface area contributed by atoms with E-state index in [9.17, 15) is 14.4 Å². The van der Waals surface area contributed by atoms with Crippen molar-refractivity contribution in [2.24, 2.45) is 0 Å². The molecule has 2 amide bonds. The Hall–Kier alpha value is -4.39. The van der Waals surface area contributed by atoms with Crippen LogP contribution in [-0.4, -0.2) is 35.7 Å². The highest BCUT2D eigenvalue weighted by molar-refractivity contribution is 5.92. The van der Waals surface area contributed by atoms with Gasteiger partial charge in [-0.2, -0.15) is 0 Å². The Morgan fingerprint density at radius 3 is 2.29 bits per heavy atom. The van der Waals surface area contributed by atoms with Gasteiger partial charge in [0.25, 0.3) is 0 Å². The lowest BCUT2D eigenvalue weighted by atomic mass is 9.98. The van der Waals surface area contributed by atoms with Crippen LogP contribution in [0, 0.1) is 0 Å². The zero-order chi connectivity index (χ0) is 24.8. The van der Waals surface area contributed by atoms with Crippen LogP contribution in [0.1, 0.15) is 36.0 Å². The number of carboxylic acids is 1. The number of alkyl carbamates (subject to hydrolysis) is 1. The number of hydrogen-bond donors (Lipinski definition) is 3. The summed E-state index contributed by atoms with van der Waals surface area (Å²) in [5, 5.41) is 14.2. The highest BCUT2D eigenvalue weighted by atomic mass is 16.5. The quantitative estimate of drug-likeness (QED) is 0.400. The molecule has 0 bridgehead atoms. The first-order chi connectivity index (χ1) is 16.9. The summed E-state index contributed by atoms with van der Waals surface area (Å²) >= 11 is 0. The fraction of sp³-hybridized carbons (Fsp3) is 0.179. The first kappa shape index (κ1) is 23.8. The summed E-state index contributed by atoms with van der Waals surface area (Å²) < 4.78 is 5.53. The third-order valence-corrected chi connectivity index (χ3v) is 5.79. The van der Waals surface area contributed by atoms with Crippen LogP contribution in [0.15, 0.2) is 78.9 Å². The summed E-state index contributed by atoms with van der Waals surface area (Å²) in [5.41, 5.74) is 5.77. The van der Waals surface area contributed by atoms with Gasteiger partial charge in [-0.3, -0.25) is 4.79 Å². The molecule has 0 aliphatic heterocycles. The number of anilines is 1. The van der Waals surface area contributed by atoms with E-state index in [2.05, 4.69) is 34.9 Å². The van der Waals surface area contributed by atoms with Crippen LogP contribution in [0.4, 0.5) is 10.5 Å². The predicted octanol–water partition coefficient (Wildman–Crippen LogP) is 5.04. The molecule has 178 valence electrons. The summed E-state index contributed by atoms with van der Waals surface area (Å²) in [4.78, 5) is 35.5. The average molecular weight is 471 g/mol. The van der Waals surface area contributed by atoms with Gasteiger partial charge in [-0.25, -0.2) is 9.59 Å². The van der Waals surface area contributed by atoms with E-state index in [1.165, 1.54) is 6.08 Å². The van der Waals surface area contributed by atoms with Crippen LogP contribution in [0.5, 0.6) is 0 Å². The van der Waals surface area contributed by atoms with Crippen molar-refractivity contribution >= 4 is 29.7 Å². The summed E-state index contributed by atoms with van der Waals surface area (Å²) in [6.07, 6.45) is 1.95. The molecule has 3 aromatic carbocycles. The van der Waals surface area contributed by atoms with E-state index in [0.29, 0.717) is 11.3 Å². The number of nitrogens with one attached hydrogen (secondary N) is 2. The highest BCUT2D eigenvalue weighted by Gasteiger charge is 2.29. The zero-order valence-corrected chi connectivity index (χ0v) is 19.2. The Kier molecular flexibility index (Phi) is 7.26. The van der Waals surface area contributed by atoms with E-state index in [1.54, 1.807) is 31.2 Å². The minimum atomic E-state index is -1.05. The summed E-state index contributed by atoms with van der Waals surface area (Å²) in [7, 11) is 0. The Morgan fingerprint density at radius 1 is 0.971 bits per heavy atom. The molecule has 7 heteroatoms. The average Bonchev–Trinajstić information content (AvgIpc) is 3.15. The summed E-state index contributed by atoms with van der Waals surface area (Å²) in [5.74, 6) is -1.36. The van der Waals surface area contributed by atoms with Crippen molar-refractivity contribution in [3.63, 3.8) is 0 Å². The van der Waals surface area contributed by atoms with E-state index in [-0.39, 0.29) is 24.9 Å². The second kappa shape index (κ2) is 10.7. The van der Waals surface area contributed by atoms with Crippen LogP contribution in [0.25, 0.3) is 17.2 Å². The molecule has 0 spiro atoms. The Labute approximate surface area is 203 Å². The van der Waals surface area contributed by atoms with Crippen molar-refractivity contribution < 1.29 is 24.2 Å². The molecule has 1 aliphatic rings.